The fourth-order valence-electron chi connectivity index (χ4n) is 5.11. The average molecular weight is 486 g/mol. The summed E-state index contributed by atoms with van der Waals surface area (Å²) in [6, 6.07) is 8.08. The maximum absolute atomic E-state index is 13.2. The van der Waals surface area contributed by atoms with Gasteiger partial charge in [0.15, 0.2) is 0 Å². The van der Waals surface area contributed by atoms with Crippen LogP contribution in [-0.4, -0.2) is 100 Å². The van der Waals surface area contributed by atoms with Crippen LogP contribution in [-0.2, 0) is 0 Å². The number of nitrogens with one attached hydrogen (secondary N) is 1. The number of amides is 1. The summed E-state index contributed by atoms with van der Waals surface area (Å²) in [6.45, 7) is 5.29. The van der Waals surface area contributed by atoms with Crippen molar-refractivity contribution in [2.75, 3.05) is 53.4 Å². The number of carbonyl (C=O) groups excluding carboxylic acids is 1. The zero-order valence-corrected chi connectivity index (χ0v) is 20.8. The number of aromatic nitrogens is 4. The lowest BCUT2D eigenvalue weighted by atomic mass is 10.0. The first-order valence-corrected chi connectivity index (χ1v) is 12.6. The third-order valence-corrected chi connectivity index (χ3v) is 7.42. The fraction of sp³-hybridized carbons (Fsp3) is 0.407. The lowest BCUT2D eigenvalue weighted by Gasteiger charge is -2.32. The van der Waals surface area contributed by atoms with Crippen molar-refractivity contribution in [2.24, 2.45) is 0 Å². The van der Waals surface area contributed by atoms with Gasteiger partial charge in [-0.15, -0.1) is 0 Å². The van der Waals surface area contributed by atoms with Gasteiger partial charge in [0, 0.05) is 62.6 Å². The molecule has 9 nitrogen and oxygen atoms in total. The molecule has 9 heteroatoms. The van der Waals surface area contributed by atoms with Crippen LogP contribution in [0.25, 0.3) is 33.1 Å². The van der Waals surface area contributed by atoms with E-state index in [2.05, 4.69) is 49.9 Å². The van der Waals surface area contributed by atoms with Gasteiger partial charge in [-0.05, 0) is 50.7 Å². The number of H-pyrrole nitrogens is 1. The summed E-state index contributed by atoms with van der Waals surface area (Å²) in [7, 11) is 4.23. The number of fused-ring (bicyclic) bond motifs is 2. The number of likely N-dealkylation sites (N-methyl/N-ethyl adjacent to an activating group) is 1. The van der Waals surface area contributed by atoms with Crippen LogP contribution in [0.3, 0.4) is 0 Å². The van der Waals surface area contributed by atoms with Gasteiger partial charge < -0.3 is 24.4 Å². The van der Waals surface area contributed by atoms with E-state index in [9.17, 15) is 4.79 Å². The summed E-state index contributed by atoms with van der Waals surface area (Å²) >= 11 is 0. The van der Waals surface area contributed by atoms with E-state index >= 15 is 0 Å². The number of piperazine rings is 1. The van der Waals surface area contributed by atoms with Crippen LogP contribution < -0.4 is 4.74 Å². The topological polar surface area (TPSA) is 90.5 Å². The molecule has 186 valence electrons. The molecule has 0 aliphatic carbocycles. The van der Waals surface area contributed by atoms with Crippen molar-refractivity contribution < 1.29 is 9.53 Å². The van der Waals surface area contributed by atoms with Crippen molar-refractivity contribution in [3.8, 4) is 17.0 Å². The number of hydrogen-bond acceptors (Lipinski definition) is 7. The van der Waals surface area contributed by atoms with Crippen LogP contribution in [0.5, 0.6) is 5.88 Å². The number of nitrogens with zero attached hydrogens (tertiary/aromatic N) is 6. The van der Waals surface area contributed by atoms with Crippen molar-refractivity contribution in [3.63, 3.8) is 0 Å². The highest BCUT2D eigenvalue weighted by atomic mass is 16.5. The molecule has 1 amide bonds. The summed E-state index contributed by atoms with van der Waals surface area (Å²) in [5.74, 6) is 0.658. The minimum absolute atomic E-state index is 0.0328. The molecule has 2 aliphatic heterocycles. The largest absolute Gasteiger partial charge is 0.474 e. The van der Waals surface area contributed by atoms with Gasteiger partial charge in [0.05, 0.1) is 16.5 Å². The molecule has 3 aromatic heterocycles. The Labute approximate surface area is 210 Å². The maximum Gasteiger partial charge on any atom is 0.255 e. The van der Waals surface area contributed by atoms with E-state index in [1.54, 1.807) is 12.5 Å². The van der Waals surface area contributed by atoms with Gasteiger partial charge in [-0.2, -0.15) is 0 Å². The Hall–Kier alpha value is -3.56. The normalized spacial score (nSPS) is 18.2. The van der Waals surface area contributed by atoms with Crippen LogP contribution in [0.4, 0.5) is 0 Å². The first kappa shape index (κ1) is 22.9. The molecule has 0 radical (unpaired) electrons. The molecule has 0 unspecified atom stereocenters. The van der Waals surface area contributed by atoms with Gasteiger partial charge in [0.2, 0.25) is 5.88 Å². The minimum atomic E-state index is 0.0328. The van der Waals surface area contributed by atoms with Crippen LogP contribution in [0.15, 0.2) is 43.0 Å². The van der Waals surface area contributed by atoms with Crippen LogP contribution in [0.2, 0.25) is 0 Å². The number of pyridine rings is 1. The molecule has 0 spiro atoms. The van der Waals surface area contributed by atoms with Crippen LogP contribution >= 0.6 is 0 Å². The standard InChI is InChI=1S/C27H31N7O2/c1-32-7-5-20(6-8-32)36-26-22-13-18(3-4-24(22)30-17-31-26)23-16-29-25-21(23)14-19(15-28-25)27(35)34-11-9-33(2)10-12-34/h3-4,13-17,20H,5-12H2,1-2H3,(H,28,29). The fourth-order valence-corrected chi connectivity index (χ4v) is 5.11. The lowest BCUT2D eigenvalue weighted by Crippen LogP contribution is -2.47. The number of ether oxygens (including phenoxy) is 1. The van der Waals surface area contributed by atoms with Gasteiger partial charge in [-0.25, -0.2) is 15.0 Å². The maximum atomic E-state index is 13.2. The molecular formula is C27H31N7O2. The van der Waals surface area contributed by atoms with E-state index in [1.807, 2.05) is 29.3 Å². The monoisotopic (exact) mass is 485 g/mol. The smallest absolute Gasteiger partial charge is 0.255 e. The zero-order chi connectivity index (χ0) is 24.6. The van der Waals surface area contributed by atoms with Crippen LogP contribution in [0, 0.1) is 0 Å². The number of rotatable bonds is 4. The van der Waals surface area contributed by atoms with Gasteiger partial charge in [0.25, 0.3) is 5.91 Å². The van der Waals surface area contributed by atoms with Crippen LogP contribution in [0.1, 0.15) is 23.2 Å². The van der Waals surface area contributed by atoms with Gasteiger partial charge >= 0.3 is 0 Å². The minimum Gasteiger partial charge on any atom is -0.474 e. The molecule has 36 heavy (non-hydrogen) atoms. The van der Waals surface area contributed by atoms with Crippen molar-refractivity contribution in [1.82, 2.24) is 34.6 Å². The number of benzene rings is 1. The van der Waals surface area contributed by atoms with E-state index < -0.39 is 0 Å². The molecule has 0 atom stereocenters. The molecular weight excluding hydrogens is 454 g/mol. The Kier molecular flexibility index (Phi) is 6.02. The van der Waals surface area contributed by atoms with Crippen molar-refractivity contribution >= 4 is 27.8 Å². The van der Waals surface area contributed by atoms with Gasteiger partial charge in [0.1, 0.15) is 18.1 Å². The molecule has 4 aromatic rings. The highest BCUT2D eigenvalue weighted by Crippen LogP contribution is 2.33. The number of hydrogen-bond donors (Lipinski definition) is 1. The van der Waals surface area contributed by atoms with Crippen molar-refractivity contribution in [1.29, 1.82) is 0 Å². The third kappa shape index (κ3) is 4.40. The predicted octanol–water partition coefficient (Wildman–Crippen LogP) is 3.03. The molecule has 5 heterocycles. The van der Waals surface area contributed by atoms with Crippen molar-refractivity contribution in [3.05, 3.63) is 48.5 Å². The molecule has 6 rings (SSSR count). The Morgan fingerprint density at radius 1 is 0.944 bits per heavy atom. The molecule has 2 fully saturated rings. The molecule has 0 bridgehead atoms. The summed E-state index contributed by atoms with van der Waals surface area (Å²) in [4.78, 5) is 36.4. The summed E-state index contributed by atoms with van der Waals surface area (Å²) in [5, 5.41) is 1.81. The Bertz CT molecular complexity index is 1400. The lowest BCUT2D eigenvalue weighted by molar-refractivity contribution is 0.0664. The van der Waals surface area contributed by atoms with Gasteiger partial charge in [-0.3, -0.25) is 4.79 Å². The summed E-state index contributed by atoms with van der Waals surface area (Å²) in [5.41, 5.74) is 4.21. The Morgan fingerprint density at radius 2 is 1.72 bits per heavy atom. The first-order valence-electron chi connectivity index (χ1n) is 12.6. The second-order valence-electron chi connectivity index (χ2n) is 9.95. The summed E-state index contributed by atoms with van der Waals surface area (Å²) in [6.07, 6.45) is 7.32. The van der Waals surface area contributed by atoms with E-state index in [0.29, 0.717) is 11.4 Å². The molecule has 2 saturated heterocycles. The molecule has 1 aromatic carbocycles. The Morgan fingerprint density at radius 3 is 2.53 bits per heavy atom. The van der Waals surface area contributed by atoms with E-state index in [-0.39, 0.29) is 12.0 Å². The van der Waals surface area contributed by atoms with Gasteiger partial charge in [-0.1, -0.05) is 6.07 Å². The number of piperidine rings is 1. The quantitative estimate of drug-likeness (QED) is 0.475. The average Bonchev–Trinajstić information content (AvgIpc) is 3.33. The molecule has 2 aliphatic rings. The van der Waals surface area contributed by atoms with Crippen molar-refractivity contribution in [2.45, 2.75) is 18.9 Å². The third-order valence-electron chi connectivity index (χ3n) is 7.42. The molecule has 1 N–H and O–H groups in total. The second-order valence-corrected chi connectivity index (χ2v) is 9.95. The highest BCUT2D eigenvalue weighted by Gasteiger charge is 2.22. The molecule has 0 saturated carbocycles. The van der Waals surface area contributed by atoms with E-state index in [4.69, 9.17) is 4.74 Å². The number of carbonyl (C=O) groups is 1. The SMILES string of the molecule is CN1CCC(Oc2ncnc3ccc(-c4c[nH]c5ncc(C(=O)N6CCN(C)CC6)cc45)cc23)CC1. The van der Waals surface area contributed by atoms with E-state index in [1.165, 1.54) is 0 Å². The Balaban J connectivity index is 1.32. The number of aromatic amines is 1. The zero-order valence-electron chi connectivity index (χ0n) is 20.8. The first-order chi connectivity index (χ1) is 17.5. The highest BCUT2D eigenvalue weighted by molar-refractivity contribution is 6.02. The second kappa shape index (κ2) is 9.48. The summed E-state index contributed by atoms with van der Waals surface area (Å²) < 4.78 is 6.35. The number of likely N-dealkylation sites (tertiary alicyclic amines) is 1. The van der Waals surface area contributed by atoms with E-state index in [0.717, 1.165) is 85.2 Å². The predicted molar refractivity (Wildman–Crippen MR) is 139 cm³/mol.